The molecule has 0 fully saturated rings. The van der Waals surface area contributed by atoms with Crippen LogP contribution >= 0.6 is 0 Å². The number of aryl methyl sites for hydroxylation is 1. The monoisotopic (exact) mass is 268 g/mol. The summed E-state index contributed by atoms with van der Waals surface area (Å²) in [7, 11) is 0. The Kier molecular flexibility index (Phi) is 3.40. The Bertz CT molecular complexity index is 586. The van der Waals surface area contributed by atoms with Gasteiger partial charge >= 0.3 is 0 Å². The van der Waals surface area contributed by atoms with Gasteiger partial charge in [-0.3, -0.25) is 0 Å². The number of nitrogen functional groups attached to an aromatic ring is 1. The van der Waals surface area contributed by atoms with Crippen molar-refractivity contribution in [3.8, 4) is 0 Å². The van der Waals surface area contributed by atoms with E-state index in [-0.39, 0.29) is 0 Å². The van der Waals surface area contributed by atoms with Gasteiger partial charge in [0.2, 0.25) is 0 Å². The highest BCUT2D eigenvalue weighted by molar-refractivity contribution is 5.46. The van der Waals surface area contributed by atoms with Crippen molar-refractivity contribution in [2.75, 3.05) is 5.43 Å². The zero-order valence-corrected chi connectivity index (χ0v) is 12.0. The molecule has 3 N–H and O–H groups in total. The van der Waals surface area contributed by atoms with E-state index in [0.29, 0.717) is 5.92 Å². The van der Waals surface area contributed by atoms with Gasteiger partial charge in [0, 0.05) is 17.2 Å². The second-order valence-electron chi connectivity index (χ2n) is 5.37. The van der Waals surface area contributed by atoms with Crippen LogP contribution in [0.2, 0.25) is 0 Å². The van der Waals surface area contributed by atoms with Crippen LogP contribution < -0.4 is 11.3 Å². The highest BCUT2D eigenvalue weighted by Crippen LogP contribution is 2.33. The fourth-order valence-corrected chi connectivity index (χ4v) is 2.99. The zero-order valence-electron chi connectivity index (χ0n) is 12.0. The summed E-state index contributed by atoms with van der Waals surface area (Å²) in [6.45, 7) is 4.13. The molecule has 0 unspecified atom stereocenters. The zero-order chi connectivity index (χ0) is 14.1. The van der Waals surface area contributed by atoms with E-state index in [2.05, 4.69) is 41.6 Å². The minimum absolute atomic E-state index is 0.366. The van der Waals surface area contributed by atoms with Gasteiger partial charge in [-0.15, -0.1) is 0 Å². The van der Waals surface area contributed by atoms with Crippen LogP contribution in [-0.4, -0.2) is 9.97 Å². The van der Waals surface area contributed by atoms with Gasteiger partial charge < -0.3 is 5.43 Å². The number of hydrazine groups is 1. The topological polar surface area (TPSA) is 63.8 Å². The summed E-state index contributed by atoms with van der Waals surface area (Å²) in [5.41, 5.74) is 7.67. The number of nitrogens with zero attached hydrogens (tertiary/aromatic N) is 2. The molecule has 1 heterocycles. The largest absolute Gasteiger partial charge is 0.308 e. The lowest BCUT2D eigenvalue weighted by Gasteiger charge is -2.14. The molecule has 0 spiro atoms. The SMILES string of the molecule is CCc1nc(C2Cc3ccccc3C2)nc(NN)c1C. The van der Waals surface area contributed by atoms with Crippen LogP contribution in [0.5, 0.6) is 0 Å². The number of hydrogen-bond acceptors (Lipinski definition) is 4. The Morgan fingerprint density at radius 1 is 1.20 bits per heavy atom. The third-order valence-electron chi connectivity index (χ3n) is 4.15. The second kappa shape index (κ2) is 5.21. The molecule has 104 valence electrons. The number of hydrogen-bond donors (Lipinski definition) is 2. The summed E-state index contributed by atoms with van der Waals surface area (Å²) >= 11 is 0. The highest BCUT2D eigenvalue weighted by atomic mass is 15.3. The lowest BCUT2D eigenvalue weighted by molar-refractivity contribution is 0.673. The first kappa shape index (κ1) is 13.1. The quantitative estimate of drug-likeness (QED) is 0.663. The van der Waals surface area contributed by atoms with Gasteiger partial charge in [-0.25, -0.2) is 15.8 Å². The molecular formula is C16H20N4. The fourth-order valence-electron chi connectivity index (χ4n) is 2.99. The minimum atomic E-state index is 0.366. The van der Waals surface area contributed by atoms with Crippen molar-refractivity contribution in [3.05, 3.63) is 52.5 Å². The van der Waals surface area contributed by atoms with E-state index in [1.165, 1.54) is 11.1 Å². The molecule has 0 radical (unpaired) electrons. The van der Waals surface area contributed by atoms with Crippen molar-refractivity contribution < 1.29 is 0 Å². The molecule has 3 rings (SSSR count). The summed E-state index contributed by atoms with van der Waals surface area (Å²) in [4.78, 5) is 9.37. The Hall–Kier alpha value is -1.94. The number of nitrogens with two attached hydrogens (primary N) is 1. The Labute approximate surface area is 119 Å². The Balaban J connectivity index is 1.96. The molecule has 2 aromatic rings. The maximum absolute atomic E-state index is 5.59. The van der Waals surface area contributed by atoms with Crippen LogP contribution in [0, 0.1) is 6.92 Å². The number of rotatable bonds is 3. The van der Waals surface area contributed by atoms with E-state index in [4.69, 9.17) is 10.8 Å². The van der Waals surface area contributed by atoms with Crippen LogP contribution in [0.15, 0.2) is 24.3 Å². The average Bonchev–Trinajstić information content (AvgIpc) is 2.91. The summed E-state index contributed by atoms with van der Waals surface area (Å²) in [6.07, 6.45) is 2.94. The van der Waals surface area contributed by atoms with Crippen LogP contribution in [0.4, 0.5) is 5.82 Å². The number of fused-ring (bicyclic) bond motifs is 1. The van der Waals surface area contributed by atoms with Crippen LogP contribution in [0.3, 0.4) is 0 Å². The van der Waals surface area contributed by atoms with Crippen molar-refractivity contribution in [1.82, 2.24) is 9.97 Å². The molecule has 20 heavy (non-hydrogen) atoms. The van der Waals surface area contributed by atoms with Gasteiger partial charge in [0.25, 0.3) is 0 Å². The molecule has 1 aliphatic carbocycles. The van der Waals surface area contributed by atoms with Crippen LogP contribution in [-0.2, 0) is 19.3 Å². The van der Waals surface area contributed by atoms with Gasteiger partial charge in [-0.05, 0) is 37.3 Å². The van der Waals surface area contributed by atoms with E-state index in [9.17, 15) is 0 Å². The van der Waals surface area contributed by atoms with Gasteiger partial charge in [-0.2, -0.15) is 0 Å². The molecule has 0 saturated heterocycles. The molecule has 4 nitrogen and oxygen atoms in total. The number of benzene rings is 1. The molecule has 0 bridgehead atoms. The van der Waals surface area contributed by atoms with Crippen molar-refractivity contribution in [2.24, 2.45) is 5.84 Å². The van der Waals surface area contributed by atoms with E-state index in [1.807, 2.05) is 6.92 Å². The van der Waals surface area contributed by atoms with Gasteiger partial charge in [0.15, 0.2) is 0 Å². The predicted molar refractivity (Wildman–Crippen MR) is 80.5 cm³/mol. The fraction of sp³-hybridized carbons (Fsp3) is 0.375. The number of anilines is 1. The van der Waals surface area contributed by atoms with Crippen molar-refractivity contribution >= 4 is 5.82 Å². The summed E-state index contributed by atoms with van der Waals surface area (Å²) in [5.74, 6) is 7.62. The molecule has 1 aromatic carbocycles. The number of aromatic nitrogens is 2. The molecule has 0 aliphatic heterocycles. The third kappa shape index (κ3) is 2.16. The van der Waals surface area contributed by atoms with E-state index in [0.717, 1.165) is 42.2 Å². The van der Waals surface area contributed by atoms with E-state index >= 15 is 0 Å². The summed E-state index contributed by atoms with van der Waals surface area (Å²) in [5, 5.41) is 0. The molecule has 0 atom stereocenters. The van der Waals surface area contributed by atoms with Gasteiger partial charge in [0.1, 0.15) is 11.6 Å². The first-order valence-electron chi connectivity index (χ1n) is 7.13. The maximum atomic E-state index is 5.59. The van der Waals surface area contributed by atoms with Crippen molar-refractivity contribution in [2.45, 2.75) is 39.0 Å². The lowest BCUT2D eigenvalue weighted by Crippen LogP contribution is -2.16. The molecule has 0 saturated carbocycles. The number of nitrogens with one attached hydrogen (secondary N) is 1. The molecule has 1 aromatic heterocycles. The summed E-state index contributed by atoms with van der Waals surface area (Å²) in [6, 6.07) is 8.60. The second-order valence-corrected chi connectivity index (χ2v) is 5.37. The molecule has 1 aliphatic rings. The Morgan fingerprint density at radius 3 is 2.40 bits per heavy atom. The van der Waals surface area contributed by atoms with Crippen LogP contribution in [0.25, 0.3) is 0 Å². The van der Waals surface area contributed by atoms with E-state index in [1.54, 1.807) is 0 Å². The summed E-state index contributed by atoms with van der Waals surface area (Å²) < 4.78 is 0. The lowest BCUT2D eigenvalue weighted by atomic mass is 10.0. The maximum Gasteiger partial charge on any atom is 0.146 e. The minimum Gasteiger partial charge on any atom is -0.308 e. The smallest absolute Gasteiger partial charge is 0.146 e. The highest BCUT2D eigenvalue weighted by Gasteiger charge is 2.25. The van der Waals surface area contributed by atoms with Crippen LogP contribution in [0.1, 0.15) is 41.1 Å². The molecule has 4 heteroatoms. The van der Waals surface area contributed by atoms with E-state index < -0.39 is 0 Å². The average molecular weight is 268 g/mol. The van der Waals surface area contributed by atoms with Gasteiger partial charge in [0.05, 0.1) is 0 Å². The molecule has 0 amide bonds. The third-order valence-corrected chi connectivity index (χ3v) is 4.15. The first-order chi connectivity index (χ1) is 9.72. The normalized spacial score (nSPS) is 14.3. The molecular weight excluding hydrogens is 248 g/mol. The van der Waals surface area contributed by atoms with Crippen molar-refractivity contribution in [1.29, 1.82) is 0 Å². The van der Waals surface area contributed by atoms with Gasteiger partial charge in [-0.1, -0.05) is 31.2 Å². The standard InChI is InChI=1S/C16H20N4/c1-3-14-10(2)15(20-17)19-16(18-14)13-8-11-6-4-5-7-12(11)9-13/h4-7,13H,3,8-9,17H2,1-2H3,(H,18,19,20). The predicted octanol–water partition coefficient (Wildman–Crippen LogP) is 2.52. The first-order valence-corrected chi connectivity index (χ1v) is 7.13. The van der Waals surface area contributed by atoms with Crippen molar-refractivity contribution in [3.63, 3.8) is 0 Å². The Morgan fingerprint density at radius 2 is 1.85 bits per heavy atom.